The summed E-state index contributed by atoms with van der Waals surface area (Å²) in [5, 5.41) is 0. The van der Waals surface area contributed by atoms with Gasteiger partial charge in [0.15, 0.2) is 0 Å². The number of benzene rings is 2. The lowest BCUT2D eigenvalue weighted by atomic mass is 10.1. The predicted octanol–water partition coefficient (Wildman–Crippen LogP) is 2.58. The van der Waals surface area contributed by atoms with Gasteiger partial charge in [-0.05, 0) is 24.3 Å². The van der Waals surface area contributed by atoms with Gasteiger partial charge >= 0.3 is 0 Å². The van der Waals surface area contributed by atoms with Gasteiger partial charge in [0.1, 0.15) is 11.6 Å². The van der Waals surface area contributed by atoms with Crippen molar-refractivity contribution in [2.75, 3.05) is 43.1 Å². The Kier molecular flexibility index (Phi) is 5.29. The first-order valence-corrected chi connectivity index (χ1v) is 9.50. The van der Waals surface area contributed by atoms with Crippen LogP contribution in [0.4, 0.5) is 11.5 Å². The van der Waals surface area contributed by atoms with Crippen LogP contribution >= 0.6 is 0 Å². The maximum Gasteiger partial charge on any atom is 0.248 e. The van der Waals surface area contributed by atoms with E-state index in [-0.39, 0.29) is 0 Å². The zero-order valence-corrected chi connectivity index (χ0v) is 16.3. The number of methoxy groups -OCH3 is 1. The summed E-state index contributed by atoms with van der Waals surface area (Å²) in [5.41, 5.74) is 8.63. The summed E-state index contributed by atoms with van der Waals surface area (Å²) in [6.07, 6.45) is 3.53. The smallest absolute Gasteiger partial charge is 0.248 e. The van der Waals surface area contributed by atoms with Crippen LogP contribution in [0.1, 0.15) is 10.4 Å². The van der Waals surface area contributed by atoms with E-state index in [0.717, 1.165) is 49.0 Å². The van der Waals surface area contributed by atoms with E-state index in [2.05, 4.69) is 26.9 Å². The van der Waals surface area contributed by atoms with Crippen LogP contribution in [-0.4, -0.2) is 49.2 Å². The van der Waals surface area contributed by atoms with Gasteiger partial charge in [0, 0.05) is 49.1 Å². The van der Waals surface area contributed by atoms with Crippen molar-refractivity contribution < 1.29 is 9.53 Å². The molecule has 0 spiro atoms. The molecule has 0 aliphatic carbocycles. The van der Waals surface area contributed by atoms with Gasteiger partial charge in [-0.1, -0.05) is 18.2 Å². The number of nitrogens with two attached hydrogens (primary N) is 1. The Morgan fingerprint density at radius 2 is 1.72 bits per heavy atom. The molecule has 0 saturated carbocycles. The number of carbonyl (C=O) groups is 1. The van der Waals surface area contributed by atoms with E-state index in [9.17, 15) is 4.79 Å². The molecule has 148 valence electrons. The van der Waals surface area contributed by atoms with E-state index < -0.39 is 5.91 Å². The van der Waals surface area contributed by atoms with Gasteiger partial charge in [0.2, 0.25) is 5.91 Å². The summed E-state index contributed by atoms with van der Waals surface area (Å²) in [5.74, 6) is 1.28. The van der Waals surface area contributed by atoms with Crippen LogP contribution < -0.4 is 20.3 Å². The third kappa shape index (κ3) is 4.13. The Labute approximate surface area is 169 Å². The summed E-state index contributed by atoms with van der Waals surface area (Å²) in [4.78, 5) is 25.0. The van der Waals surface area contributed by atoms with Gasteiger partial charge in [-0.15, -0.1) is 0 Å². The average Bonchev–Trinajstić information content (AvgIpc) is 2.79. The lowest BCUT2D eigenvalue weighted by molar-refractivity contribution is 0.100. The predicted molar refractivity (Wildman–Crippen MR) is 113 cm³/mol. The number of piperazine rings is 1. The molecule has 1 fully saturated rings. The standard InChI is InChI=1S/C22H23N5O2/c1-29-19-4-2-3-18(13-19)26-9-11-27(12-10-26)21-15-24-14-20(25-21)16-5-7-17(8-6-16)22(23)28/h2-8,13-15H,9-12H2,1H3,(H2,23,28). The maximum absolute atomic E-state index is 11.3. The number of rotatable bonds is 5. The fourth-order valence-electron chi connectivity index (χ4n) is 3.45. The third-order valence-corrected chi connectivity index (χ3v) is 5.11. The molecule has 7 nitrogen and oxygen atoms in total. The second-order valence-electron chi connectivity index (χ2n) is 6.88. The molecule has 3 aromatic rings. The molecule has 2 heterocycles. The van der Waals surface area contributed by atoms with Crippen LogP contribution in [0.3, 0.4) is 0 Å². The molecule has 1 aromatic heterocycles. The normalized spacial score (nSPS) is 14.0. The number of hydrogen-bond donors (Lipinski definition) is 1. The maximum atomic E-state index is 11.3. The van der Waals surface area contributed by atoms with Crippen molar-refractivity contribution in [1.82, 2.24) is 9.97 Å². The monoisotopic (exact) mass is 389 g/mol. The van der Waals surface area contributed by atoms with Crippen LogP contribution in [0.15, 0.2) is 60.9 Å². The van der Waals surface area contributed by atoms with Gasteiger partial charge < -0.3 is 20.3 Å². The molecule has 29 heavy (non-hydrogen) atoms. The SMILES string of the molecule is COc1cccc(N2CCN(c3cncc(-c4ccc(C(N)=O)cc4)n3)CC2)c1. The Morgan fingerprint density at radius 3 is 2.41 bits per heavy atom. The molecule has 1 aliphatic heterocycles. The number of primary amides is 1. The van der Waals surface area contributed by atoms with Crippen molar-refractivity contribution in [2.45, 2.75) is 0 Å². The molecule has 7 heteroatoms. The molecule has 4 rings (SSSR count). The van der Waals surface area contributed by atoms with Crippen molar-refractivity contribution in [1.29, 1.82) is 0 Å². The zero-order valence-electron chi connectivity index (χ0n) is 16.3. The number of ether oxygens (including phenoxy) is 1. The molecular formula is C22H23N5O2. The van der Waals surface area contributed by atoms with Crippen LogP contribution in [0.25, 0.3) is 11.3 Å². The summed E-state index contributed by atoms with van der Waals surface area (Å²) >= 11 is 0. The van der Waals surface area contributed by atoms with E-state index in [0.29, 0.717) is 5.56 Å². The highest BCUT2D eigenvalue weighted by Gasteiger charge is 2.19. The number of amides is 1. The number of carbonyl (C=O) groups excluding carboxylic acids is 1. The van der Waals surface area contributed by atoms with Crippen molar-refractivity contribution in [3.8, 4) is 17.0 Å². The number of aromatic nitrogens is 2. The summed E-state index contributed by atoms with van der Waals surface area (Å²) in [6.45, 7) is 3.50. The molecule has 0 bridgehead atoms. The fourth-order valence-corrected chi connectivity index (χ4v) is 3.45. The van der Waals surface area contributed by atoms with Crippen LogP contribution in [0.2, 0.25) is 0 Å². The van der Waals surface area contributed by atoms with Crippen molar-refractivity contribution in [3.63, 3.8) is 0 Å². The number of anilines is 2. The van der Waals surface area contributed by atoms with E-state index in [4.69, 9.17) is 15.5 Å². The number of hydrogen-bond acceptors (Lipinski definition) is 6. The fraction of sp³-hybridized carbons (Fsp3) is 0.227. The topological polar surface area (TPSA) is 84.6 Å². The average molecular weight is 389 g/mol. The quantitative estimate of drug-likeness (QED) is 0.722. The highest BCUT2D eigenvalue weighted by atomic mass is 16.5. The Balaban J connectivity index is 1.46. The van der Waals surface area contributed by atoms with E-state index in [1.54, 1.807) is 31.6 Å². The first-order valence-electron chi connectivity index (χ1n) is 9.50. The van der Waals surface area contributed by atoms with Crippen molar-refractivity contribution in [2.24, 2.45) is 5.73 Å². The minimum atomic E-state index is -0.440. The molecule has 2 N–H and O–H groups in total. The van der Waals surface area contributed by atoms with Crippen LogP contribution in [0, 0.1) is 0 Å². The highest BCUT2D eigenvalue weighted by Crippen LogP contribution is 2.24. The van der Waals surface area contributed by atoms with E-state index >= 15 is 0 Å². The molecular weight excluding hydrogens is 366 g/mol. The van der Waals surface area contributed by atoms with Gasteiger partial charge in [0.25, 0.3) is 0 Å². The lowest BCUT2D eigenvalue weighted by Gasteiger charge is -2.36. The molecule has 1 saturated heterocycles. The molecule has 1 aliphatic rings. The Morgan fingerprint density at radius 1 is 1.00 bits per heavy atom. The van der Waals surface area contributed by atoms with Crippen LogP contribution in [0.5, 0.6) is 5.75 Å². The minimum Gasteiger partial charge on any atom is -0.497 e. The molecule has 1 amide bonds. The first-order chi connectivity index (χ1) is 14.1. The van der Waals surface area contributed by atoms with Gasteiger partial charge in [-0.2, -0.15) is 0 Å². The highest BCUT2D eigenvalue weighted by molar-refractivity contribution is 5.93. The summed E-state index contributed by atoms with van der Waals surface area (Å²) in [6, 6.07) is 15.2. The van der Waals surface area contributed by atoms with Crippen LogP contribution in [-0.2, 0) is 0 Å². The third-order valence-electron chi connectivity index (χ3n) is 5.11. The largest absolute Gasteiger partial charge is 0.497 e. The van der Waals surface area contributed by atoms with Gasteiger partial charge in [-0.25, -0.2) is 4.98 Å². The lowest BCUT2D eigenvalue weighted by Crippen LogP contribution is -2.46. The van der Waals surface area contributed by atoms with Crippen molar-refractivity contribution >= 4 is 17.4 Å². The molecule has 0 radical (unpaired) electrons. The zero-order chi connectivity index (χ0) is 20.2. The van der Waals surface area contributed by atoms with Crippen molar-refractivity contribution in [3.05, 3.63) is 66.5 Å². The van der Waals surface area contributed by atoms with E-state index in [1.165, 1.54) is 5.69 Å². The summed E-state index contributed by atoms with van der Waals surface area (Å²) in [7, 11) is 1.68. The van der Waals surface area contributed by atoms with Gasteiger partial charge in [0.05, 0.1) is 25.2 Å². The molecule has 0 atom stereocenters. The second-order valence-corrected chi connectivity index (χ2v) is 6.88. The van der Waals surface area contributed by atoms with Gasteiger partial charge in [-0.3, -0.25) is 9.78 Å². The Hall–Kier alpha value is -3.61. The first kappa shape index (κ1) is 18.7. The second kappa shape index (κ2) is 8.18. The Bertz CT molecular complexity index is 998. The van der Waals surface area contributed by atoms with E-state index in [1.807, 2.05) is 24.3 Å². The number of nitrogens with zero attached hydrogens (tertiary/aromatic N) is 4. The molecule has 2 aromatic carbocycles. The summed E-state index contributed by atoms with van der Waals surface area (Å²) < 4.78 is 5.33. The molecule has 0 unspecified atom stereocenters. The minimum absolute atomic E-state index is 0.440.